The Hall–Kier alpha value is -2.96. The van der Waals surface area contributed by atoms with Gasteiger partial charge in [-0.05, 0) is 49.2 Å². The van der Waals surface area contributed by atoms with Crippen molar-refractivity contribution in [3.05, 3.63) is 87.0 Å². The molecule has 0 unspecified atom stereocenters. The van der Waals surface area contributed by atoms with Crippen LogP contribution < -0.4 is 4.90 Å². The van der Waals surface area contributed by atoms with Crippen LogP contribution in [0.4, 0.5) is 5.82 Å². The molecule has 2 aromatic carbocycles. The van der Waals surface area contributed by atoms with Gasteiger partial charge in [-0.25, -0.2) is 9.97 Å². The fourth-order valence-electron chi connectivity index (χ4n) is 4.25. The zero-order valence-electron chi connectivity index (χ0n) is 18.7. The summed E-state index contributed by atoms with van der Waals surface area (Å²) in [7, 11) is 0. The van der Waals surface area contributed by atoms with Crippen molar-refractivity contribution < 1.29 is 4.79 Å². The number of fused-ring (bicyclic) bond motifs is 1. The predicted molar refractivity (Wildman–Crippen MR) is 136 cm³/mol. The Morgan fingerprint density at radius 3 is 2.36 bits per heavy atom. The van der Waals surface area contributed by atoms with Crippen LogP contribution in [0.2, 0.25) is 5.02 Å². The second kappa shape index (κ2) is 9.12. The molecule has 1 saturated heterocycles. The quantitative estimate of drug-likeness (QED) is 0.389. The summed E-state index contributed by atoms with van der Waals surface area (Å²) in [6, 6.07) is 17.4. The molecule has 7 heteroatoms. The lowest BCUT2D eigenvalue weighted by atomic mass is 10.1. The number of amides is 1. The van der Waals surface area contributed by atoms with Crippen molar-refractivity contribution in [3.63, 3.8) is 0 Å². The highest BCUT2D eigenvalue weighted by Gasteiger charge is 2.26. The number of carbonyl (C=O) groups excluding carboxylic acids is 1. The minimum absolute atomic E-state index is 0.0477. The molecule has 0 radical (unpaired) electrons. The molecule has 0 spiro atoms. The van der Waals surface area contributed by atoms with Crippen LogP contribution in [0.1, 0.15) is 32.2 Å². The number of hydrogen-bond donors (Lipinski definition) is 0. The number of nitrogens with zero attached hydrogens (tertiary/aromatic N) is 4. The van der Waals surface area contributed by atoms with Crippen molar-refractivity contribution in [2.45, 2.75) is 20.3 Å². The van der Waals surface area contributed by atoms with Crippen LogP contribution in [0.5, 0.6) is 0 Å². The first-order valence-corrected chi connectivity index (χ1v) is 12.3. The number of aryl methyl sites for hydroxylation is 2. The molecule has 0 atom stereocenters. The van der Waals surface area contributed by atoms with Gasteiger partial charge >= 0.3 is 0 Å². The van der Waals surface area contributed by atoms with Crippen molar-refractivity contribution >= 4 is 44.9 Å². The number of aromatic nitrogens is 2. The third-order valence-electron chi connectivity index (χ3n) is 6.22. The first-order valence-electron chi connectivity index (χ1n) is 11.1. The fourth-order valence-corrected chi connectivity index (χ4v) is 5.42. The van der Waals surface area contributed by atoms with Crippen molar-refractivity contribution in [2.24, 2.45) is 0 Å². The maximum Gasteiger partial charge on any atom is 0.253 e. The minimum Gasteiger partial charge on any atom is -0.352 e. The average molecular weight is 477 g/mol. The number of rotatable bonds is 4. The van der Waals surface area contributed by atoms with E-state index < -0.39 is 0 Å². The molecule has 0 saturated carbocycles. The molecule has 33 heavy (non-hydrogen) atoms. The fraction of sp³-hybridized carbons (Fsp3) is 0.269. The van der Waals surface area contributed by atoms with Crippen LogP contribution in [0.25, 0.3) is 10.2 Å². The van der Waals surface area contributed by atoms with E-state index in [0.717, 1.165) is 34.9 Å². The van der Waals surface area contributed by atoms with Crippen LogP contribution in [0.15, 0.2) is 54.6 Å². The number of piperazine rings is 1. The van der Waals surface area contributed by atoms with E-state index in [0.29, 0.717) is 30.1 Å². The molecular formula is C26H25ClN4OS. The van der Waals surface area contributed by atoms with E-state index in [4.69, 9.17) is 21.6 Å². The molecule has 1 amide bonds. The van der Waals surface area contributed by atoms with Crippen LogP contribution in [-0.4, -0.2) is 47.0 Å². The van der Waals surface area contributed by atoms with E-state index in [1.807, 2.05) is 23.1 Å². The van der Waals surface area contributed by atoms with E-state index in [-0.39, 0.29) is 5.91 Å². The lowest BCUT2D eigenvalue weighted by Gasteiger charge is -2.36. The monoisotopic (exact) mass is 476 g/mol. The van der Waals surface area contributed by atoms with Gasteiger partial charge < -0.3 is 9.80 Å². The molecule has 5 nitrogen and oxygen atoms in total. The highest BCUT2D eigenvalue weighted by molar-refractivity contribution is 7.18. The van der Waals surface area contributed by atoms with Crippen LogP contribution in [-0.2, 0) is 6.42 Å². The SMILES string of the molecule is Cc1sc2nc(Cc3ccccc3)nc(N3CCN(C(=O)c4ccc(Cl)cc4)CC3)c2c1C. The van der Waals surface area contributed by atoms with Gasteiger partial charge in [-0.3, -0.25) is 4.79 Å². The Morgan fingerprint density at radius 2 is 1.67 bits per heavy atom. The Morgan fingerprint density at radius 1 is 0.970 bits per heavy atom. The summed E-state index contributed by atoms with van der Waals surface area (Å²) in [5.41, 5.74) is 3.12. The summed E-state index contributed by atoms with van der Waals surface area (Å²) in [4.78, 5) is 29.4. The molecule has 0 bridgehead atoms. The molecule has 2 aromatic heterocycles. The standard InChI is InChI=1S/C26H25ClN4OS/c1-17-18(2)33-25-23(17)24(28-22(29-25)16-19-6-4-3-5-7-19)30-12-14-31(15-13-30)26(32)20-8-10-21(27)11-9-20/h3-11H,12-16H2,1-2H3. The molecular weight excluding hydrogens is 452 g/mol. The number of benzene rings is 2. The number of anilines is 1. The van der Waals surface area contributed by atoms with Gasteiger partial charge in [0.05, 0.1) is 5.39 Å². The molecule has 168 valence electrons. The van der Waals surface area contributed by atoms with Gasteiger partial charge in [-0.2, -0.15) is 0 Å². The maximum absolute atomic E-state index is 12.9. The summed E-state index contributed by atoms with van der Waals surface area (Å²) in [6.45, 7) is 7.09. The average Bonchev–Trinajstić information content (AvgIpc) is 3.12. The smallest absolute Gasteiger partial charge is 0.253 e. The molecule has 1 aliphatic heterocycles. The van der Waals surface area contributed by atoms with E-state index in [9.17, 15) is 4.79 Å². The summed E-state index contributed by atoms with van der Waals surface area (Å²) in [5.74, 6) is 1.88. The van der Waals surface area contributed by atoms with Crippen molar-refractivity contribution in [2.75, 3.05) is 31.1 Å². The topological polar surface area (TPSA) is 49.3 Å². The number of carbonyl (C=O) groups is 1. The van der Waals surface area contributed by atoms with Gasteiger partial charge in [0, 0.05) is 48.1 Å². The molecule has 1 fully saturated rings. The van der Waals surface area contributed by atoms with Crippen molar-refractivity contribution in [1.82, 2.24) is 14.9 Å². The lowest BCUT2D eigenvalue weighted by molar-refractivity contribution is 0.0746. The van der Waals surface area contributed by atoms with Gasteiger partial charge in [-0.1, -0.05) is 41.9 Å². The molecule has 1 aliphatic rings. The summed E-state index contributed by atoms with van der Waals surface area (Å²) < 4.78 is 0. The molecule has 5 rings (SSSR count). The van der Waals surface area contributed by atoms with E-state index in [1.54, 1.807) is 35.6 Å². The normalized spacial score (nSPS) is 14.2. The number of thiophene rings is 1. The third-order valence-corrected chi connectivity index (χ3v) is 7.57. The Labute approximate surface area is 202 Å². The van der Waals surface area contributed by atoms with Gasteiger partial charge in [0.25, 0.3) is 5.91 Å². The van der Waals surface area contributed by atoms with Crippen LogP contribution in [0.3, 0.4) is 0 Å². The van der Waals surface area contributed by atoms with E-state index in [2.05, 4.69) is 30.9 Å². The van der Waals surface area contributed by atoms with Crippen molar-refractivity contribution in [3.8, 4) is 0 Å². The van der Waals surface area contributed by atoms with Gasteiger partial charge in [0.1, 0.15) is 16.5 Å². The van der Waals surface area contributed by atoms with Gasteiger partial charge in [0.2, 0.25) is 0 Å². The Kier molecular flexibility index (Phi) is 6.04. The number of halogens is 1. The highest BCUT2D eigenvalue weighted by atomic mass is 35.5. The van der Waals surface area contributed by atoms with Crippen molar-refractivity contribution in [1.29, 1.82) is 0 Å². The predicted octanol–water partition coefficient (Wildman–Crippen LogP) is 5.51. The molecule has 4 aromatic rings. The first-order chi connectivity index (χ1) is 16.0. The highest BCUT2D eigenvalue weighted by Crippen LogP contribution is 2.35. The second-order valence-electron chi connectivity index (χ2n) is 8.38. The third kappa shape index (κ3) is 4.45. The summed E-state index contributed by atoms with van der Waals surface area (Å²) in [5, 5.41) is 1.78. The maximum atomic E-state index is 12.9. The zero-order chi connectivity index (χ0) is 22.9. The van der Waals surface area contributed by atoms with E-state index in [1.165, 1.54) is 16.0 Å². The van der Waals surface area contributed by atoms with Gasteiger partial charge in [-0.15, -0.1) is 11.3 Å². The molecule has 0 aliphatic carbocycles. The van der Waals surface area contributed by atoms with E-state index >= 15 is 0 Å². The van der Waals surface area contributed by atoms with Crippen LogP contribution in [0, 0.1) is 13.8 Å². The van der Waals surface area contributed by atoms with Gasteiger partial charge in [0.15, 0.2) is 0 Å². The summed E-state index contributed by atoms with van der Waals surface area (Å²) >= 11 is 7.70. The Bertz CT molecular complexity index is 1300. The molecule has 3 heterocycles. The van der Waals surface area contributed by atoms with Crippen LogP contribution >= 0.6 is 22.9 Å². The minimum atomic E-state index is 0.0477. The lowest BCUT2D eigenvalue weighted by Crippen LogP contribution is -2.49. The zero-order valence-corrected chi connectivity index (χ0v) is 20.3. The second-order valence-corrected chi connectivity index (χ2v) is 10.0. The Balaban J connectivity index is 1.41. The summed E-state index contributed by atoms with van der Waals surface area (Å²) in [6.07, 6.45) is 0.703. The largest absolute Gasteiger partial charge is 0.352 e. The number of hydrogen-bond acceptors (Lipinski definition) is 5. The molecule has 0 N–H and O–H groups in total. The first kappa shape index (κ1) is 21.9.